The SMILES string of the molecule is CC(CCCOc1ccc(C(=O)N(C)C)cc1Cl)C1CCNCC1. The number of nitrogens with zero attached hydrogens (tertiary/aromatic N) is 1. The number of benzene rings is 1. The van der Waals surface area contributed by atoms with Crippen molar-refractivity contribution >= 4 is 17.5 Å². The van der Waals surface area contributed by atoms with Crippen LogP contribution < -0.4 is 10.1 Å². The predicted octanol–water partition coefficient (Wildman–Crippen LogP) is 3.84. The number of rotatable bonds is 7. The molecule has 134 valence electrons. The van der Waals surface area contributed by atoms with Gasteiger partial charge in [0, 0.05) is 19.7 Å². The second-order valence-corrected chi connectivity index (χ2v) is 7.31. The highest BCUT2D eigenvalue weighted by atomic mass is 35.5. The first-order valence-corrected chi connectivity index (χ1v) is 9.21. The fourth-order valence-electron chi connectivity index (χ4n) is 3.25. The van der Waals surface area contributed by atoms with Gasteiger partial charge in [0.15, 0.2) is 0 Å². The van der Waals surface area contributed by atoms with Crippen LogP contribution in [0.3, 0.4) is 0 Å². The monoisotopic (exact) mass is 352 g/mol. The summed E-state index contributed by atoms with van der Waals surface area (Å²) in [7, 11) is 3.45. The minimum absolute atomic E-state index is 0.0563. The number of amides is 1. The number of carbonyl (C=O) groups is 1. The van der Waals surface area contributed by atoms with Crippen molar-refractivity contribution in [2.45, 2.75) is 32.6 Å². The lowest BCUT2D eigenvalue weighted by Crippen LogP contribution is -2.30. The minimum Gasteiger partial charge on any atom is -0.492 e. The van der Waals surface area contributed by atoms with Crippen molar-refractivity contribution < 1.29 is 9.53 Å². The van der Waals surface area contributed by atoms with E-state index in [-0.39, 0.29) is 5.91 Å². The van der Waals surface area contributed by atoms with Gasteiger partial charge in [0.1, 0.15) is 5.75 Å². The summed E-state index contributed by atoms with van der Waals surface area (Å²) in [6.45, 7) is 5.32. The third-order valence-electron chi connectivity index (χ3n) is 4.83. The van der Waals surface area contributed by atoms with E-state index in [1.165, 1.54) is 24.2 Å². The number of hydrogen-bond donors (Lipinski definition) is 1. The fourth-order valence-corrected chi connectivity index (χ4v) is 3.48. The van der Waals surface area contributed by atoms with Gasteiger partial charge in [0.25, 0.3) is 5.91 Å². The molecule has 24 heavy (non-hydrogen) atoms. The number of nitrogens with one attached hydrogen (secondary N) is 1. The van der Waals surface area contributed by atoms with Gasteiger partial charge < -0.3 is 15.0 Å². The van der Waals surface area contributed by atoms with Crippen molar-refractivity contribution in [1.82, 2.24) is 10.2 Å². The summed E-state index contributed by atoms with van der Waals surface area (Å²) in [5.74, 6) is 2.18. The molecule has 1 fully saturated rings. The van der Waals surface area contributed by atoms with E-state index in [1.807, 2.05) is 0 Å². The summed E-state index contributed by atoms with van der Waals surface area (Å²) in [5, 5.41) is 3.91. The Morgan fingerprint density at radius 3 is 2.71 bits per heavy atom. The molecule has 1 aliphatic heterocycles. The van der Waals surface area contributed by atoms with Gasteiger partial charge in [0.2, 0.25) is 0 Å². The molecule has 0 aromatic heterocycles. The molecular weight excluding hydrogens is 324 g/mol. The van der Waals surface area contributed by atoms with Gasteiger partial charge in [0.05, 0.1) is 11.6 Å². The molecule has 1 atom stereocenters. The summed E-state index contributed by atoms with van der Waals surface area (Å²) < 4.78 is 5.80. The van der Waals surface area contributed by atoms with Crippen LogP contribution in [0.15, 0.2) is 18.2 Å². The van der Waals surface area contributed by atoms with Gasteiger partial charge >= 0.3 is 0 Å². The van der Waals surface area contributed by atoms with E-state index in [9.17, 15) is 4.79 Å². The molecule has 0 spiro atoms. The summed E-state index contributed by atoms with van der Waals surface area (Å²) in [5.41, 5.74) is 0.580. The van der Waals surface area contributed by atoms with Crippen molar-refractivity contribution in [2.75, 3.05) is 33.8 Å². The molecule has 0 saturated carbocycles. The Bertz CT molecular complexity index is 542. The average molecular weight is 353 g/mol. The Kier molecular flexibility index (Phi) is 7.38. The highest BCUT2D eigenvalue weighted by Crippen LogP contribution is 2.28. The maximum absolute atomic E-state index is 11.9. The van der Waals surface area contributed by atoms with E-state index in [1.54, 1.807) is 32.3 Å². The maximum Gasteiger partial charge on any atom is 0.253 e. The molecular formula is C19H29ClN2O2. The average Bonchev–Trinajstić information content (AvgIpc) is 2.59. The van der Waals surface area contributed by atoms with E-state index < -0.39 is 0 Å². The normalized spacial score (nSPS) is 16.7. The van der Waals surface area contributed by atoms with Crippen molar-refractivity contribution in [2.24, 2.45) is 11.8 Å². The van der Waals surface area contributed by atoms with Crippen molar-refractivity contribution in [3.05, 3.63) is 28.8 Å². The number of hydrogen-bond acceptors (Lipinski definition) is 3. The first kappa shape index (κ1) is 19.1. The van der Waals surface area contributed by atoms with Gasteiger partial charge in [-0.3, -0.25) is 4.79 Å². The molecule has 1 aliphatic rings. The molecule has 5 heteroatoms. The maximum atomic E-state index is 11.9. The van der Waals surface area contributed by atoms with Gasteiger partial charge in [-0.2, -0.15) is 0 Å². The van der Waals surface area contributed by atoms with Crippen LogP contribution in [-0.4, -0.2) is 44.6 Å². The lowest BCUT2D eigenvalue weighted by Gasteiger charge is -2.28. The Labute approximate surface area is 150 Å². The van der Waals surface area contributed by atoms with Crippen LogP contribution in [0.25, 0.3) is 0 Å². The second kappa shape index (κ2) is 9.28. The number of ether oxygens (including phenoxy) is 1. The fraction of sp³-hybridized carbons (Fsp3) is 0.632. The third-order valence-corrected chi connectivity index (χ3v) is 5.13. The summed E-state index contributed by atoms with van der Waals surface area (Å²) >= 11 is 6.24. The van der Waals surface area contributed by atoms with E-state index in [2.05, 4.69) is 12.2 Å². The Morgan fingerprint density at radius 1 is 1.38 bits per heavy atom. The molecule has 1 amide bonds. The summed E-state index contributed by atoms with van der Waals surface area (Å²) in [6, 6.07) is 5.23. The Morgan fingerprint density at radius 2 is 2.08 bits per heavy atom. The zero-order valence-corrected chi connectivity index (χ0v) is 15.7. The second-order valence-electron chi connectivity index (χ2n) is 6.90. The van der Waals surface area contributed by atoms with Crippen molar-refractivity contribution in [3.63, 3.8) is 0 Å². The number of halogens is 1. The van der Waals surface area contributed by atoms with Crippen LogP contribution in [-0.2, 0) is 0 Å². The molecule has 0 aliphatic carbocycles. The van der Waals surface area contributed by atoms with Crippen molar-refractivity contribution in [1.29, 1.82) is 0 Å². The zero-order valence-electron chi connectivity index (χ0n) is 15.0. The van der Waals surface area contributed by atoms with E-state index in [0.717, 1.165) is 31.3 Å². The third kappa shape index (κ3) is 5.38. The largest absolute Gasteiger partial charge is 0.492 e. The van der Waals surface area contributed by atoms with Crippen LogP contribution in [0.2, 0.25) is 5.02 Å². The molecule has 1 heterocycles. The number of carbonyl (C=O) groups excluding carboxylic acids is 1. The van der Waals surface area contributed by atoms with E-state index >= 15 is 0 Å². The van der Waals surface area contributed by atoms with E-state index in [0.29, 0.717) is 22.9 Å². The Hall–Kier alpha value is -1.26. The molecule has 4 nitrogen and oxygen atoms in total. The Balaban J connectivity index is 1.76. The smallest absolute Gasteiger partial charge is 0.253 e. The van der Waals surface area contributed by atoms with Crippen LogP contribution in [0.1, 0.15) is 43.0 Å². The molecule has 1 N–H and O–H groups in total. The molecule has 1 aromatic carbocycles. The topological polar surface area (TPSA) is 41.6 Å². The van der Waals surface area contributed by atoms with Crippen LogP contribution >= 0.6 is 11.6 Å². The van der Waals surface area contributed by atoms with Gasteiger partial charge in [-0.05, 0) is 68.8 Å². The van der Waals surface area contributed by atoms with Crippen LogP contribution in [0.5, 0.6) is 5.75 Å². The zero-order chi connectivity index (χ0) is 17.5. The lowest BCUT2D eigenvalue weighted by molar-refractivity contribution is 0.0827. The molecule has 2 rings (SSSR count). The lowest BCUT2D eigenvalue weighted by atomic mass is 9.83. The van der Waals surface area contributed by atoms with Crippen molar-refractivity contribution in [3.8, 4) is 5.75 Å². The van der Waals surface area contributed by atoms with Crippen LogP contribution in [0, 0.1) is 11.8 Å². The quantitative estimate of drug-likeness (QED) is 0.758. The first-order valence-electron chi connectivity index (χ1n) is 8.83. The highest BCUT2D eigenvalue weighted by Gasteiger charge is 2.19. The molecule has 0 bridgehead atoms. The van der Waals surface area contributed by atoms with Gasteiger partial charge in [-0.25, -0.2) is 0 Å². The predicted molar refractivity (Wildman–Crippen MR) is 99.0 cm³/mol. The highest BCUT2D eigenvalue weighted by molar-refractivity contribution is 6.32. The first-order chi connectivity index (χ1) is 11.5. The minimum atomic E-state index is -0.0563. The van der Waals surface area contributed by atoms with Gasteiger partial charge in [-0.1, -0.05) is 18.5 Å². The molecule has 1 unspecified atom stereocenters. The summed E-state index contributed by atoms with van der Waals surface area (Å²) in [4.78, 5) is 13.5. The standard InChI is InChI=1S/C19H29ClN2O2/c1-14(15-8-10-21-11-9-15)5-4-12-24-18-7-6-16(13-17(18)20)19(23)22(2)3/h6-7,13-15,21H,4-5,8-12H2,1-3H3. The van der Waals surface area contributed by atoms with E-state index in [4.69, 9.17) is 16.3 Å². The van der Waals surface area contributed by atoms with Gasteiger partial charge in [-0.15, -0.1) is 0 Å². The molecule has 1 saturated heterocycles. The number of piperidine rings is 1. The molecule has 0 radical (unpaired) electrons. The molecule has 1 aromatic rings. The van der Waals surface area contributed by atoms with Crippen LogP contribution in [0.4, 0.5) is 0 Å². The summed E-state index contributed by atoms with van der Waals surface area (Å²) in [6.07, 6.45) is 4.78.